The van der Waals surface area contributed by atoms with E-state index in [1.807, 2.05) is 0 Å². The van der Waals surface area contributed by atoms with Gasteiger partial charge < -0.3 is 10.2 Å². The molecule has 0 aromatic heterocycles. The molecule has 0 saturated heterocycles. The van der Waals surface area contributed by atoms with E-state index in [0.29, 0.717) is 6.42 Å². The Labute approximate surface area is 163 Å². The number of carbonyl (C=O) groups is 1. The summed E-state index contributed by atoms with van der Waals surface area (Å²) in [5, 5.41) is 17.7. The van der Waals surface area contributed by atoms with E-state index in [4.69, 9.17) is 25.0 Å². The second-order valence-corrected chi connectivity index (χ2v) is 8.71. The van der Waals surface area contributed by atoms with Crippen molar-refractivity contribution in [1.29, 1.82) is 0 Å². The molecule has 1 unspecified atom stereocenters. The van der Waals surface area contributed by atoms with Gasteiger partial charge in [0.2, 0.25) is 0 Å². The van der Waals surface area contributed by atoms with Crippen molar-refractivity contribution in [3.63, 3.8) is 0 Å². The van der Waals surface area contributed by atoms with Gasteiger partial charge in [-0.05, 0) is 6.42 Å². The second-order valence-electron chi connectivity index (χ2n) is 6.84. The molecule has 0 fully saturated rings. The van der Waals surface area contributed by atoms with Crippen LogP contribution in [-0.2, 0) is 22.9 Å². The quantitative estimate of drug-likeness (QED) is 0.168. The molecule has 0 spiro atoms. The third-order valence-electron chi connectivity index (χ3n) is 4.12. The molecule has 0 saturated carbocycles. The standard InChI is InChI=1S/C18H36O3.4H2O.Ti/c1-2-3-4-5-6-7-8-9-10-11-12-13-14-15-16-17(19)18(20)21;;;;;/h17,19H,2-16H2,1H3,(H,20,21);4*1H2;/q;;;;;+4/p-4. The predicted octanol–water partition coefficient (Wildman–Crippen LogP) is 3.07. The molecule has 8 heteroatoms. The number of rotatable bonds is 16. The third kappa shape index (κ3) is 31.7. The van der Waals surface area contributed by atoms with Crippen LogP contribution in [0.5, 0.6) is 0 Å². The Morgan fingerprint density at radius 2 is 0.962 bits per heavy atom. The van der Waals surface area contributed by atoms with Crippen LogP contribution in [0.4, 0.5) is 0 Å². The van der Waals surface area contributed by atoms with E-state index in [1.54, 1.807) is 0 Å². The normalized spacial score (nSPS) is 12.4. The van der Waals surface area contributed by atoms with Crippen molar-refractivity contribution >= 4 is 5.97 Å². The molecule has 0 heterocycles. The number of aliphatic hydroxyl groups is 1. The van der Waals surface area contributed by atoms with Crippen molar-refractivity contribution < 1.29 is 47.9 Å². The molecule has 0 aliphatic carbocycles. The molecule has 0 aromatic carbocycles. The van der Waals surface area contributed by atoms with Crippen LogP contribution in [0, 0.1) is 0 Å². The second kappa shape index (κ2) is 19.7. The van der Waals surface area contributed by atoms with Crippen molar-refractivity contribution in [3.05, 3.63) is 0 Å². The zero-order valence-electron chi connectivity index (χ0n) is 16.3. The summed E-state index contributed by atoms with van der Waals surface area (Å²) < 4.78 is 29.5. The van der Waals surface area contributed by atoms with Gasteiger partial charge in [-0.1, -0.05) is 96.8 Å². The van der Waals surface area contributed by atoms with Crippen molar-refractivity contribution in [3.8, 4) is 0 Å². The number of hydrogen-bond donors (Lipinski definition) is 6. The number of aliphatic carboxylic acids is 1. The minimum absolute atomic E-state index is 0.396. The van der Waals surface area contributed by atoms with E-state index in [2.05, 4.69) is 6.92 Å². The molecular weight excluding hydrogens is 376 g/mol. The van der Waals surface area contributed by atoms with Crippen LogP contribution in [0.25, 0.3) is 0 Å². The molecule has 0 radical (unpaired) electrons. The fourth-order valence-electron chi connectivity index (χ4n) is 2.66. The van der Waals surface area contributed by atoms with Gasteiger partial charge in [-0.2, -0.15) is 0 Å². The Balaban J connectivity index is 0. The predicted molar refractivity (Wildman–Crippen MR) is 97.4 cm³/mol. The van der Waals surface area contributed by atoms with Crippen LogP contribution in [0.15, 0.2) is 0 Å². The Morgan fingerprint density at radius 3 is 1.23 bits per heavy atom. The van der Waals surface area contributed by atoms with Gasteiger partial charge in [0.25, 0.3) is 0 Å². The summed E-state index contributed by atoms with van der Waals surface area (Å²) in [5.41, 5.74) is 0. The van der Waals surface area contributed by atoms with Crippen molar-refractivity contribution in [2.75, 3.05) is 0 Å². The topological polar surface area (TPSA) is 138 Å². The SMILES string of the molecule is CCCCCCCCCCCCCCCCC(O)C(=O)O.[OH][Ti]([OH])([OH])[OH]. The summed E-state index contributed by atoms with van der Waals surface area (Å²) >= 11 is -5.00. The monoisotopic (exact) mass is 416 g/mol. The molecule has 0 amide bonds. The zero-order chi connectivity index (χ0) is 20.3. The van der Waals surface area contributed by atoms with E-state index in [-0.39, 0.29) is 0 Å². The third-order valence-corrected chi connectivity index (χ3v) is 4.12. The van der Waals surface area contributed by atoms with Gasteiger partial charge in [-0.25, -0.2) is 4.79 Å². The fraction of sp³-hybridized carbons (Fsp3) is 0.944. The van der Waals surface area contributed by atoms with Gasteiger partial charge in [-0.3, -0.25) is 0 Å². The first-order valence-electron chi connectivity index (χ1n) is 9.98. The number of hydrogen-bond acceptors (Lipinski definition) is 6. The number of unbranched alkanes of at least 4 members (excludes halogenated alkanes) is 13. The van der Waals surface area contributed by atoms with E-state index in [0.717, 1.165) is 12.8 Å². The Morgan fingerprint density at radius 1 is 0.692 bits per heavy atom. The maximum absolute atomic E-state index is 10.4. The van der Waals surface area contributed by atoms with Crippen LogP contribution >= 0.6 is 0 Å². The van der Waals surface area contributed by atoms with Crippen LogP contribution in [0.3, 0.4) is 0 Å². The Hall–Kier alpha value is -0.0157. The first-order valence-corrected chi connectivity index (χ1v) is 12.8. The molecule has 0 aromatic rings. The minimum atomic E-state index is -5.00. The Kier molecular flexibility index (Phi) is 21.4. The van der Waals surface area contributed by atoms with Gasteiger partial charge in [0.05, 0.1) is 0 Å². The molecule has 0 bridgehead atoms. The molecule has 7 nitrogen and oxygen atoms in total. The van der Waals surface area contributed by atoms with E-state index >= 15 is 0 Å². The first kappa shape index (κ1) is 28.2. The molecule has 0 rings (SSSR count). The number of carboxylic acids is 1. The molecular formula is C18H40O7Ti. The average Bonchev–Trinajstić information content (AvgIpc) is 2.53. The molecule has 0 aliphatic heterocycles. The first-order chi connectivity index (χ1) is 12.2. The summed E-state index contributed by atoms with van der Waals surface area (Å²) in [4.78, 5) is 10.4. The van der Waals surface area contributed by atoms with Crippen molar-refractivity contribution in [2.24, 2.45) is 0 Å². The average molecular weight is 416 g/mol. The van der Waals surface area contributed by atoms with Crippen molar-refractivity contribution in [2.45, 2.75) is 109 Å². The fourth-order valence-corrected chi connectivity index (χ4v) is 2.66. The van der Waals surface area contributed by atoms with Gasteiger partial charge in [0, 0.05) is 0 Å². The Bertz CT molecular complexity index is 302. The molecule has 158 valence electrons. The number of aliphatic hydroxyl groups excluding tert-OH is 1. The zero-order valence-corrected chi connectivity index (χ0v) is 17.8. The van der Waals surface area contributed by atoms with Gasteiger partial charge in [0.1, 0.15) is 0 Å². The summed E-state index contributed by atoms with van der Waals surface area (Å²) in [5.74, 6) is -1.09. The van der Waals surface area contributed by atoms with Crippen LogP contribution < -0.4 is 0 Å². The number of carboxylic acid groups (broad SMARTS) is 1. The maximum atomic E-state index is 10.4. The van der Waals surface area contributed by atoms with Crippen LogP contribution in [0.2, 0.25) is 0 Å². The molecule has 0 aliphatic rings. The van der Waals surface area contributed by atoms with Gasteiger partial charge in [-0.15, -0.1) is 0 Å². The summed E-state index contributed by atoms with van der Waals surface area (Å²) in [6.07, 6.45) is 17.3. The van der Waals surface area contributed by atoms with E-state index < -0.39 is 30.2 Å². The van der Waals surface area contributed by atoms with Gasteiger partial charge >= 0.3 is 38.9 Å². The summed E-state index contributed by atoms with van der Waals surface area (Å²) in [6.45, 7) is 2.26. The van der Waals surface area contributed by atoms with Crippen molar-refractivity contribution in [1.82, 2.24) is 0 Å². The molecule has 1 atom stereocenters. The molecule has 6 N–H and O–H groups in total. The van der Waals surface area contributed by atoms with E-state index in [9.17, 15) is 4.79 Å². The van der Waals surface area contributed by atoms with Crippen LogP contribution in [-0.4, -0.2) is 37.0 Å². The van der Waals surface area contributed by atoms with Gasteiger partial charge in [0.15, 0.2) is 6.10 Å². The summed E-state index contributed by atoms with van der Waals surface area (Å²) in [6, 6.07) is 0. The summed E-state index contributed by atoms with van der Waals surface area (Å²) in [7, 11) is 0. The van der Waals surface area contributed by atoms with E-state index in [1.165, 1.54) is 77.0 Å². The molecule has 26 heavy (non-hydrogen) atoms. The van der Waals surface area contributed by atoms with Crippen LogP contribution in [0.1, 0.15) is 103 Å².